The second kappa shape index (κ2) is 5.89. The van der Waals surface area contributed by atoms with Crippen molar-refractivity contribution in [2.24, 2.45) is 0 Å². The number of aromatic nitrogens is 2. The third-order valence-electron chi connectivity index (χ3n) is 1.99. The molecular weight excluding hydrogens is 206 g/mol. The molecule has 88 valence electrons. The van der Waals surface area contributed by atoms with Crippen molar-refractivity contribution in [1.82, 2.24) is 15.3 Å². The number of aryl methyl sites for hydroxylation is 1. The highest BCUT2D eigenvalue weighted by Crippen LogP contribution is 2.11. The Morgan fingerprint density at radius 3 is 2.88 bits per heavy atom. The largest absolute Gasteiger partial charge is 0.361 e. The fourth-order valence-electron chi connectivity index (χ4n) is 1.17. The van der Waals surface area contributed by atoms with Gasteiger partial charge < -0.3 is 16.0 Å². The van der Waals surface area contributed by atoms with Crippen LogP contribution in [0.3, 0.4) is 0 Å². The first-order valence-corrected chi connectivity index (χ1v) is 5.19. The molecule has 0 aliphatic rings. The first kappa shape index (κ1) is 12.2. The van der Waals surface area contributed by atoms with E-state index in [-0.39, 0.29) is 12.5 Å². The van der Waals surface area contributed by atoms with Gasteiger partial charge in [0.2, 0.25) is 11.9 Å². The van der Waals surface area contributed by atoms with E-state index in [1.807, 2.05) is 13.8 Å². The number of carbonyl (C=O) groups excluding carboxylic acids is 1. The summed E-state index contributed by atoms with van der Waals surface area (Å²) < 4.78 is 0. The van der Waals surface area contributed by atoms with Gasteiger partial charge in [0.25, 0.3) is 0 Å². The molecule has 0 saturated carbocycles. The van der Waals surface area contributed by atoms with Crippen LogP contribution in [0.15, 0.2) is 6.20 Å². The van der Waals surface area contributed by atoms with Crippen LogP contribution < -0.4 is 16.0 Å². The Morgan fingerprint density at radius 1 is 1.50 bits per heavy atom. The lowest BCUT2D eigenvalue weighted by molar-refractivity contribution is -0.119. The zero-order valence-corrected chi connectivity index (χ0v) is 9.79. The number of hydrogen-bond acceptors (Lipinski definition) is 5. The van der Waals surface area contributed by atoms with Crippen molar-refractivity contribution >= 4 is 17.7 Å². The summed E-state index contributed by atoms with van der Waals surface area (Å²) in [5, 5.41) is 8.52. The van der Waals surface area contributed by atoms with Gasteiger partial charge >= 0.3 is 0 Å². The smallest absolute Gasteiger partial charge is 0.239 e. The Hall–Kier alpha value is -1.85. The molecule has 0 unspecified atom stereocenters. The third kappa shape index (κ3) is 3.38. The van der Waals surface area contributed by atoms with E-state index in [0.717, 1.165) is 5.56 Å². The topological polar surface area (TPSA) is 78.9 Å². The second-order valence-corrected chi connectivity index (χ2v) is 3.28. The fraction of sp³-hybridized carbons (Fsp3) is 0.500. The monoisotopic (exact) mass is 223 g/mol. The van der Waals surface area contributed by atoms with Gasteiger partial charge in [0.15, 0.2) is 0 Å². The summed E-state index contributed by atoms with van der Waals surface area (Å²) >= 11 is 0. The average Bonchev–Trinajstić information content (AvgIpc) is 2.28. The minimum Gasteiger partial charge on any atom is -0.361 e. The standard InChI is InChI=1S/C10H17N5O/c1-4-12-8(16)6-13-9-7(2)5-14-10(11-3)15-9/h5H,4,6H2,1-3H3,(H,12,16)(H2,11,13,14,15). The van der Waals surface area contributed by atoms with E-state index in [1.54, 1.807) is 13.2 Å². The highest BCUT2D eigenvalue weighted by Gasteiger charge is 2.04. The minimum atomic E-state index is -0.0495. The van der Waals surface area contributed by atoms with Gasteiger partial charge in [-0.3, -0.25) is 4.79 Å². The summed E-state index contributed by atoms with van der Waals surface area (Å²) in [6.45, 7) is 4.62. The van der Waals surface area contributed by atoms with Gasteiger partial charge in [0.1, 0.15) is 5.82 Å². The van der Waals surface area contributed by atoms with E-state index in [9.17, 15) is 4.79 Å². The number of likely N-dealkylation sites (N-methyl/N-ethyl adjacent to an activating group) is 1. The molecule has 1 aromatic heterocycles. The van der Waals surface area contributed by atoms with E-state index in [0.29, 0.717) is 18.3 Å². The Kier molecular flexibility index (Phi) is 4.50. The van der Waals surface area contributed by atoms with Crippen molar-refractivity contribution in [2.75, 3.05) is 30.8 Å². The van der Waals surface area contributed by atoms with Crippen LogP contribution in [-0.4, -0.2) is 36.0 Å². The number of hydrogen-bond donors (Lipinski definition) is 3. The lowest BCUT2D eigenvalue weighted by atomic mass is 10.3. The number of anilines is 2. The van der Waals surface area contributed by atoms with E-state index in [1.165, 1.54) is 0 Å². The van der Waals surface area contributed by atoms with Crippen molar-refractivity contribution in [2.45, 2.75) is 13.8 Å². The van der Waals surface area contributed by atoms with Gasteiger partial charge in [-0.1, -0.05) is 0 Å². The molecule has 1 heterocycles. The van der Waals surface area contributed by atoms with Gasteiger partial charge in [-0.15, -0.1) is 0 Å². The maximum absolute atomic E-state index is 11.2. The normalized spacial score (nSPS) is 9.69. The molecule has 0 aliphatic heterocycles. The lowest BCUT2D eigenvalue weighted by Gasteiger charge is -2.09. The van der Waals surface area contributed by atoms with Crippen molar-refractivity contribution in [1.29, 1.82) is 0 Å². The van der Waals surface area contributed by atoms with Gasteiger partial charge in [-0.05, 0) is 13.8 Å². The summed E-state index contributed by atoms with van der Waals surface area (Å²) in [7, 11) is 1.75. The molecule has 0 aromatic carbocycles. The molecule has 1 amide bonds. The molecule has 0 spiro atoms. The predicted molar refractivity (Wildman–Crippen MR) is 63.5 cm³/mol. The average molecular weight is 223 g/mol. The molecular formula is C10H17N5O. The van der Waals surface area contributed by atoms with Gasteiger partial charge in [0, 0.05) is 25.4 Å². The number of carbonyl (C=O) groups is 1. The Balaban J connectivity index is 2.62. The summed E-state index contributed by atoms with van der Waals surface area (Å²) in [6.07, 6.45) is 1.71. The number of nitrogens with one attached hydrogen (secondary N) is 3. The quantitative estimate of drug-likeness (QED) is 0.672. The molecule has 16 heavy (non-hydrogen) atoms. The van der Waals surface area contributed by atoms with Crippen molar-refractivity contribution in [3.05, 3.63) is 11.8 Å². The zero-order chi connectivity index (χ0) is 12.0. The van der Waals surface area contributed by atoms with Crippen LogP contribution in [0.25, 0.3) is 0 Å². The molecule has 6 nitrogen and oxygen atoms in total. The highest BCUT2D eigenvalue weighted by atomic mass is 16.1. The molecule has 0 saturated heterocycles. The van der Waals surface area contributed by atoms with E-state index < -0.39 is 0 Å². The van der Waals surface area contributed by atoms with Crippen LogP contribution >= 0.6 is 0 Å². The fourth-order valence-corrected chi connectivity index (χ4v) is 1.17. The van der Waals surface area contributed by atoms with E-state index in [4.69, 9.17) is 0 Å². The Morgan fingerprint density at radius 2 is 2.25 bits per heavy atom. The van der Waals surface area contributed by atoms with Gasteiger partial charge in [0.05, 0.1) is 6.54 Å². The van der Waals surface area contributed by atoms with Crippen LogP contribution in [-0.2, 0) is 4.79 Å². The summed E-state index contributed by atoms with van der Waals surface area (Å²) in [5.41, 5.74) is 0.906. The maximum Gasteiger partial charge on any atom is 0.239 e. The molecule has 0 fully saturated rings. The van der Waals surface area contributed by atoms with Crippen LogP contribution in [0.1, 0.15) is 12.5 Å². The first-order valence-electron chi connectivity index (χ1n) is 5.19. The summed E-state index contributed by atoms with van der Waals surface area (Å²) in [4.78, 5) is 19.5. The molecule has 0 bridgehead atoms. The Labute approximate surface area is 94.9 Å². The molecule has 3 N–H and O–H groups in total. The maximum atomic E-state index is 11.2. The first-order chi connectivity index (χ1) is 7.67. The van der Waals surface area contributed by atoms with Crippen LogP contribution in [0.5, 0.6) is 0 Å². The van der Waals surface area contributed by atoms with Gasteiger partial charge in [-0.25, -0.2) is 4.98 Å². The number of amides is 1. The zero-order valence-electron chi connectivity index (χ0n) is 9.79. The second-order valence-electron chi connectivity index (χ2n) is 3.28. The summed E-state index contributed by atoms with van der Waals surface area (Å²) in [6, 6.07) is 0. The molecule has 0 atom stereocenters. The lowest BCUT2D eigenvalue weighted by Crippen LogP contribution is -2.29. The van der Waals surface area contributed by atoms with Crippen LogP contribution in [0, 0.1) is 6.92 Å². The summed E-state index contributed by atoms with van der Waals surface area (Å²) in [5.74, 6) is 1.15. The molecule has 0 radical (unpaired) electrons. The highest BCUT2D eigenvalue weighted by molar-refractivity contribution is 5.80. The van der Waals surface area contributed by atoms with Crippen molar-refractivity contribution < 1.29 is 4.79 Å². The number of nitrogens with zero attached hydrogens (tertiary/aromatic N) is 2. The van der Waals surface area contributed by atoms with Gasteiger partial charge in [-0.2, -0.15) is 4.98 Å². The van der Waals surface area contributed by atoms with E-state index in [2.05, 4.69) is 25.9 Å². The molecule has 1 rings (SSSR count). The molecule has 0 aliphatic carbocycles. The third-order valence-corrected chi connectivity index (χ3v) is 1.99. The van der Waals surface area contributed by atoms with Crippen LogP contribution in [0.2, 0.25) is 0 Å². The van der Waals surface area contributed by atoms with E-state index >= 15 is 0 Å². The number of rotatable bonds is 5. The Bertz CT molecular complexity index is 366. The predicted octanol–water partition coefficient (Wildman–Crippen LogP) is 0.375. The van der Waals surface area contributed by atoms with Crippen LogP contribution in [0.4, 0.5) is 11.8 Å². The minimum absolute atomic E-state index is 0.0495. The molecule has 6 heteroatoms. The van der Waals surface area contributed by atoms with Crippen molar-refractivity contribution in [3.8, 4) is 0 Å². The SMILES string of the molecule is CCNC(=O)CNc1nc(NC)ncc1C. The van der Waals surface area contributed by atoms with Crippen molar-refractivity contribution in [3.63, 3.8) is 0 Å². The molecule has 1 aromatic rings.